The van der Waals surface area contributed by atoms with E-state index in [-0.39, 0.29) is 30.6 Å². The second kappa shape index (κ2) is 8.87. The Morgan fingerprint density at radius 1 is 1.10 bits per heavy atom. The van der Waals surface area contributed by atoms with Crippen LogP contribution in [0.1, 0.15) is 10.6 Å². The van der Waals surface area contributed by atoms with Gasteiger partial charge < -0.3 is 9.64 Å². The standard InChI is InChI=1S/C22H19FN4O2S/c1-26(13-14-29-18-11-6-5-10-17(18)23)22(28)20-24-21(19-12-7-15-30-19)27(25-20)16-8-3-2-4-9-16/h2-12,15H,13-14H2,1H3. The van der Waals surface area contributed by atoms with E-state index < -0.39 is 5.82 Å². The van der Waals surface area contributed by atoms with Crippen LogP contribution in [0.4, 0.5) is 4.39 Å². The second-order valence-electron chi connectivity index (χ2n) is 6.49. The van der Waals surface area contributed by atoms with E-state index in [1.54, 1.807) is 29.9 Å². The highest BCUT2D eigenvalue weighted by molar-refractivity contribution is 7.13. The number of nitrogens with zero attached hydrogens (tertiary/aromatic N) is 4. The Morgan fingerprint density at radius 2 is 1.87 bits per heavy atom. The number of benzene rings is 2. The van der Waals surface area contributed by atoms with Crippen molar-refractivity contribution >= 4 is 17.2 Å². The first-order valence-corrected chi connectivity index (χ1v) is 10.2. The van der Waals surface area contributed by atoms with Crippen LogP contribution in [-0.4, -0.2) is 45.8 Å². The first-order chi connectivity index (χ1) is 14.6. The van der Waals surface area contributed by atoms with Gasteiger partial charge >= 0.3 is 0 Å². The highest BCUT2D eigenvalue weighted by Crippen LogP contribution is 2.25. The number of amides is 1. The minimum absolute atomic E-state index is 0.0932. The van der Waals surface area contributed by atoms with Crippen LogP contribution in [0.25, 0.3) is 16.4 Å². The molecule has 2 aromatic heterocycles. The van der Waals surface area contributed by atoms with Crippen molar-refractivity contribution in [3.05, 3.63) is 83.8 Å². The maximum atomic E-state index is 13.7. The number of carbonyl (C=O) groups excluding carboxylic acids is 1. The quantitative estimate of drug-likeness (QED) is 0.446. The minimum Gasteiger partial charge on any atom is -0.489 e. The Labute approximate surface area is 177 Å². The summed E-state index contributed by atoms with van der Waals surface area (Å²) in [4.78, 5) is 19.8. The third-order valence-electron chi connectivity index (χ3n) is 4.41. The molecule has 0 atom stereocenters. The van der Waals surface area contributed by atoms with Crippen molar-refractivity contribution in [1.82, 2.24) is 19.7 Å². The van der Waals surface area contributed by atoms with Crippen molar-refractivity contribution in [1.29, 1.82) is 0 Å². The molecule has 0 spiro atoms. The summed E-state index contributed by atoms with van der Waals surface area (Å²) in [5.74, 6) is 0.0889. The minimum atomic E-state index is -0.435. The molecule has 0 radical (unpaired) electrons. The largest absolute Gasteiger partial charge is 0.489 e. The number of thiophene rings is 1. The lowest BCUT2D eigenvalue weighted by Gasteiger charge is -2.15. The lowest BCUT2D eigenvalue weighted by atomic mass is 10.3. The fourth-order valence-corrected chi connectivity index (χ4v) is 3.54. The first-order valence-electron chi connectivity index (χ1n) is 9.32. The molecule has 6 nitrogen and oxygen atoms in total. The molecule has 0 bridgehead atoms. The molecule has 0 N–H and O–H groups in total. The van der Waals surface area contributed by atoms with Crippen LogP contribution in [0, 0.1) is 5.82 Å². The average molecular weight is 422 g/mol. The number of carbonyl (C=O) groups is 1. The highest BCUT2D eigenvalue weighted by Gasteiger charge is 2.22. The fraction of sp³-hybridized carbons (Fsp3) is 0.136. The number of hydrogen-bond acceptors (Lipinski definition) is 5. The van der Waals surface area contributed by atoms with E-state index in [2.05, 4.69) is 10.1 Å². The number of para-hydroxylation sites is 2. The van der Waals surface area contributed by atoms with E-state index in [0.29, 0.717) is 5.82 Å². The zero-order valence-electron chi connectivity index (χ0n) is 16.2. The number of hydrogen-bond donors (Lipinski definition) is 0. The van der Waals surface area contributed by atoms with Gasteiger partial charge in [0.1, 0.15) is 6.61 Å². The fourth-order valence-electron chi connectivity index (χ4n) is 2.84. The molecule has 0 fully saturated rings. The van der Waals surface area contributed by atoms with Gasteiger partial charge in [-0.1, -0.05) is 36.4 Å². The predicted molar refractivity (Wildman–Crippen MR) is 114 cm³/mol. The van der Waals surface area contributed by atoms with Gasteiger partial charge in [-0.3, -0.25) is 4.79 Å². The van der Waals surface area contributed by atoms with Gasteiger partial charge in [-0.2, -0.15) is 0 Å². The molecule has 2 aromatic carbocycles. The van der Waals surface area contributed by atoms with Crippen molar-refractivity contribution in [3.63, 3.8) is 0 Å². The van der Waals surface area contributed by atoms with Crippen LogP contribution in [-0.2, 0) is 0 Å². The molecule has 8 heteroatoms. The summed E-state index contributed by atoms with van der Waals surface area (Å²) >= 11 is 1.53. The lowest BCUT2D eigenvalue weighted by Crippen LogP contribution is -2.31. The molecular formula is C22H19FN4O2S. The van der Waals surface area contributed by atoms with E-state index in [1.165, 1.54) is 22.3 Å². The van der Waals surface area contributed by atoms with E-state index in [1.807, 2.05) is 47.8 Å². The SMILES string of the molecule is CN(CCOc1ccccc1F)C(=O)c1nc(-c2cccs2)n(-c2ccccc2)n1. The summed E-state index contributed by atoms with van der Waals surface area (Å²) in [5.41, 5.74) is 0.818. The zero-order chi connectivity index (χ0) is 20.9. The molecule has 30 heavy (non-hydrogen) atoms. The number of likely N-dealkylation sites (N-methyl/N-ethyl adjacent to an activating group) is 1. The number of halogens is 1. The summed E-state index contributed by atoms with van der Waals surface area (Å²) in [6, 6.07) is 19.6. The predicted octanol–water partition coefficient (Wildman–Crippen LogP) is 4.29. The summed E-state index contributed by atoms with van der Waals surface area (Å²) in [7, 11) is 1.64. The molecule has 2 heterocycles. The van der Waals surface area contributed by atoms with Crippen LogP contribution >= 0.6 is 11.3 Å². The zero-order valence-corrected chi connectivity index (χ0v) is 17.1. The van der Waals surface area contributed by atoms with E-state index in [9.17, 15) is 9.18 Å². The van der Waals surface area contributed by atoms with Crippen LogP contribution in [0.5, 0.6) is 5.75 Å². The Bertz CT molecular complexity index is 1130. The molecule has 0 aliphatic heterocycles. The van der Waals surface area contributed by atoms with E-state index in [4.69, 9.17) is 4.74 Å². The monoisotopic (exact) mass is 422 g/mol. The Kier molecular flexibility index (Phi) is 5.85. The molecule has 0 aliphatic rings. The third kappa shape index (κ3) is 4.23. The normalized spacial score (nSPS) is 10.7. The molecule has 4 aromatic rings. The molecule has 0 aliphatic carbocycles. The summed E-state index contributed by atoms with van der Waals surface area (Å²) < 4.78 is 20.8. The van der Waals surface area contributed by atoms with Crippen molar-refractivity contribution in [3.8, 4) is 22.1 Å². The number of ether oxygens (including phenoxy) is 1. The van der Waals surface area contributed by atoms with Gasteiger partial charge in [0.25, 0.3) is 5.91 Å². The lowest BCUT2D eigenvalue weighted by molar-refractivity contribution is 0.0761. The van der Waals surface area contributed by atoms with Gasteiger partial charge in [0.2, 0.25) is 5.82 Å². The van der Waals surface area contributed by atoms with Gasteiger partial charge in [-0.25, -0.2) is 14.1 Å². The molecule has 0 unspecified atom stereocenters. The maximum Gasteiger partial charge on any atom is 0.293 e. The van der Waals surface area contributed by atoms with Crippen molar-refractivity contribution in [2.24, 2.45) is 0 Å². The summed E-state index contributed by atoms with van der Waals surface area (Å²) in [5, 5.41) is 6.41. The first kappa shape index (κ1) is 19.8. The Morgan fingerprint density at radius 3 is 2.60 bits per heavy atom. The summed E-state index contributed by atoms with van der Waals surface area (Å²) in [6.45, 7) is 0.418. The van der Waals surface area contributed by atoms with Gasteiger partial charge in [0, 0.05) is 7.05 Å². The highest BCUT2D eigenvalue weighted by atomic mass is 32.1. The van der Waals surface area contributed by atoms with E-state index in [0.717, 1.165) is 10.6 Å². The van der Waals surface area contributed by atoms with Crippen molar-refractivity contribution in [2.75, 3.05) is 20.2 Å². The van der Waals surface area contributed by atoms with E-state index >= 15 is 0 Å². The van der Waals surface area contributed by atoms with Gasteiger partial charge in [0.05, 0.1) is 17.1 Å². The molecule has 4 rings (SSSR count). The summed E-state index contributed by atoms with van der Waals surface area (Å²) in [6.07, 6.45) is 0. The van der Waals surface area contributed by atoms with Gasteiger partial charge in [-0.15, -0.1) is 16.4 Å². The maximum absolute atomic E-state index is 13.7. The number of aromatic nitrogens is 3. The molecule has 0 saturated carbocycles. The van der Waals surface area contributed by atoms with Crippen molar-refractivity contribution < 1.29 is 13.9 Å². The molecule has 152 valence electrons. The van der Waals surface area contributed by atoms with Crippen LogP contribution in [0.2, 0.25) is 0 Å². The van der Waals surface area contributed by atoms with Crippen LogP contribution < -0.4 is 4.74 Å². The third-order valence-corrected chi connectivity index (χ3v) is 5.27. The topological polar surface area (TPSA) is 60.2 Å². The Balaban J connectivity index is 1.51. The van der Waals surface area contributed by atoms with Gasteiger partial charge in [-0.05, 0) is 35.7 Å². The average Bonchev–Trinajstić information content (AvgIpc) is 3.45. The van der Waals surface area contributed by atoms with Gasteiger partial charge in [0.15, 0.2) is 17.4 Å². The smallest absolute Gasteiger partial charge is 0.293 e. The van der Waals surface area contributed by atoms with Crippen LogP contribution in [0.15, 0.2) is 72.1 Å². The number of rotatable bonds is 7. The molecule has 0 saturated heterocycles. The molecular weight excluding hydrogens is 403 g/mol. The molecule has 1 amide bonds. The second-order valence-corrected chi connectivity index (χ2v) is 7.44. The van der Waals surface area contributed by atoms with Crippen molar-refractivity contribution in [2.45, 2.75) is 0 Å². The Hall–Kier alpha value is -3.52. The van der Waals surface area contributed by atoms with Crippen LogP contribution in [0.3, 0.4) is 0 Å².